The van der Waals surface area contributed by atoms with Gasteiger partial charge in [0.15, 0.2) is 0 Å². The minimum absolute atomic E-state index is 0.00726. The number of aromatic nitrogens is 2. The first-order valence-electron chi connectivity index (χ1n) is 8.03. The van der Waals surface area contributed by atoms with E-state index in [1.807, 2.05) is 30.3 Å². The van der Waals surface area contributed by atoms with Crippen LogP contribution in [0, 0.1) is 0 Å². The van der Waals surface area contributed by atoms with Crippen molar-refractivity contribution in [2.75, 3.05) is 13.1 Å². The normalized spacial score (nSPS) is 11.1. The van der Waals surface area contributed by atoms with Crippen LogP contribution in [0.4, 0.5) is 0 Å². The number of nitrogens with one attached hydrogen (secondary N) is 3. The van der Waals surface area contributed by atoms with Gasteiger partial charge in [0.05, 0.1) is 12.9 Å². The number of aryl methyl sites for hydroxylation is 1. The van der Waals surface area contributed by atoms with Crippen LogP contribution in [-0.2, 0) is 21.4 Å². The smallest absolute Gasteiger partial charge is 0.239 e. The zero-order valence-corrected chi connectivity index (χ0v) is 14.1. The number of hydrogen-bond donors (Lipinski definition) is 3. The van der Waals surface area contributed by atoms with Gasteiger partial charge in [-0.15, -0.1) is 0 Å². The summed E-state index contributed by atoms with van der Waals surface area (Å²) in [7, 11) is 0. The molecule has 128 valence electrons. The molecule has 0 spiro atoms. The Kier molecular flexibility index (Phi) is 6.12. The number of nitrogens with zero attached hydrogens (tertiary/aromatic N) is 1. The lowest BCUT2D eigenvalue weighted by Crippen LogP contribution is -2.42. The lowest BCUT2D eigenvalue weighted by atomic mass is 9.84. The van der Waals surface area contributed by atoms with Crippen LogP contribution in [0.5, 0.6) is 0 Å². The molecule has 0 aliphatic carbocycles. The Morgan fingerprint density at radius 3 is 2.54 bits per heavy atom. The fraction of sp³-hybridized carbons (Fsp3) is 0.389. The summed E-state index contributed by atoms with van der Waals surface area (Å²) >= 11 is 0. The van der Waals surface area contributed by atoms with Crippen molar-refractivity contribution in [2.45, 2.75) is 32.1 Å². The molecule has 0 unspecified atom stereocenters. The highest BCUT2D eigenvalue weighted by atomic mass is 16.2. The van der Waals surface area contributed by atoms with Gasteiger partial charge in [0, 0.05) is 30.3 Å². The minimum atomic E-state index is -0.186. The third kappa shape index (κ3) is 5.53. The molecule has 0 saturated heterocycles. The number of amides is 2. The summed E-state index contributed by atoms with van der Waals surface area (Å²) in [5, 5.41) is 5.51. The van der Waals surface area contributed by atoms with E-state index in [1.165, 1.54) is 0 Å². The van der Waals surface area contributed by atoms with Gasteiger partial charge in [-0.1, -0.05) is 44.2 Å². The summed E-state index contributed by atoms with van der Waals surface area (Å²) < 4.78 is 0. The first-order chi connectivity index (χ1) is 11.5. The molecular formula is C18H24N4O2. The van der Waals surface area contributed by atoms with Gasteiger partial charge in [-0.05, 0) is 12.0 Å². The lowest BCUT2D eigenvalue weighted by molar-refractivity contribution is -0.126. The Morgan fingerprint density at radius 1 is 1.12 bits per heavy atom. The van der Waals surface area contributed by atoms with E-state index in [0.717, 1.165) is 11.3 Å². The number of H-pyrrole nitrogens is 1. The number of rotatable bonds is 8. The summed E-state index contributed by atoms with van der Waals surface area (Å²) in [6.07, 6.45) is 4.17. The van der Waals surface area contributed by atoms with Crippen LogP contribution in [-0.4, -0.2) is 34.9 Å². The molecule has 0 atom stereocenters. The quantitative estimate of drug-likeness (QED) is 0.687. The number of hydrogen-bond acceptors (Lipinski definition) is 3. The molecule has 0 radical (unpaired) electrons. The molecule has 2 amide bonds. The maximum atomic E-state index is 11.9. The third-order valence-electron chi connectivity index (χ3n) is 3.91. The van der Waals surface area contributed by atoms with Crippen LogP contribution in [0.25, 0.3) is 0 Å². The summed E-state index contributed by atoms with van der Waals surface area (Å²) in [6.45, 7) is 4.66. The van der Waals surface area contributed by atoms with Crippen LogP contribution >= 0.6 is 0 Å². The summed E-state index contributed by atoms with van der Waals surface area (Å²) in [5.41, 5.74) is 1.90. The first-order valence-corrected chi connectivity index (χ1v) is 8.03. The van der Waals surface area contributed by atoms with E-state index in [1.54, 1.807) is 12.5 Å². The Labute approximate surface area is 142 Å². The van der Waals surface area contributed by atoms with E-state index in [4.69, 9.17) is 0 Å². The Balaban J connectivity index is 1.68. The highest BCUT2D eigenvalue weighted by molar-refractivity contribution is 5.84. The molecule has 2 aromatic rings. The van der Waals surface area contributed by atoms with Gasteiger partial charge in [0.1, 0.15) is 0 Å². The van der Waals surface area contributed by atoms with E-state index in [9.17, 15) is 9.59 Å². The molecular weight excluding hydrogens is 304 g/mol. The number of aromatic amines is 1. The molecule has 0 saturated carbocycles. The lowest BCUT2D eigenvalue weighted by Gasteiger charge is -2.25. The van der Waals surface area contributed by atoms with Crippen molar-refractivity contribution >= 4 is 11.8 Å². The molecule has 0 fully saturated rings. The number of carbonyl (C=O) groups excluding carboxylic acids is 2. The predicted octanol–water partition coefficient (Wildman–Crippen LogP) is 1.55. The van der Waals surface area contributed by atoms with Crippen LogP contribution in [0.1, 0.15) is 31.5 Å². The fourth-order valence-electron chi connectivity index (χ4n) is 2.31. The van der Waals surface area contributed by atoms with E-state index in [2.05, 4.69) is 34.4 Å². The van der Waals surface area contributed by atoms with Crippen molar-refractivity contribution < 1.29 is 9.59 Å². The van der Waals surface area contributed by atoms with Crippen LogP contribution < -0.4 is 10.6 Å². The molecule has 6 nitrogen and oxygen atoms in total. The van der Waals surface area contributed by atoms with Crippen LogP contribution in [0.3, 0.4) is 0 Å². The van der Waals surface area contributed by atoms with Crippen molar-refractivity contribution in [1.29, 1.82) is 0 Å². The largest absolute Gasteiger partial charge is 0.354 e. The monoisotopic (exact) mass is 328 g/mol. The van der Waals surface area contributed by atoms with Gasteiger partial charge < -0.3 is 15.6 Å². The van der Waals surface area contributed by atoms with Gasteiger partial charge in [-0.3, -0.25) is 9.59 Å². The van der Waals surface area contributed by atoms with Crippen LogP contribution in [0.15, 0.2) is 42.9 Å². The number of benzene rings is 1. The molecule has 1 aromatic carbocycles. The van der Waals surface area contributed by atoms with E-state index < -0.39 is 0 Å². The molecule has 6 heteroatoms. The van der Waals surface area contributed by atoms with Crippen molar-refractivity contribution in [3.05, 3.63) is 54.1 Å². The van der Waals surface area contributed by atoms with Crippen molar-refractivity contribution in [2.24, 2.45) is 0 Å². The zero-order chi connectivity index (χ0) is 17.4. The third-order valence-corrected chi connectivity index (χ3v) is 3.91. The Hall–Kier alpha value is -2.63. The van der Waals surface area contributed by atoms with E-state index >= 15 is 0 Å². The highest BCUT2D eigenvalue weighted by Crippen LogP contribution is 2.21. The van der Waals surface area contributed by atoms with Crippen molar-refractivity contribution in [3.8, 4) is 0 Å². The molecule has 0 aliphatic rings. The van der Waals surface area contributed by atoms with E-state index in [0.29, 0.717) is 19.4 Å². The summed E-state index contributed by atoms with van der Waals surface area (Å²) in [4.78, 5) is 30.5. The van der Waals surface area contributed by atoms with Crippen molar-refractivity contribution in [1.82, 2.24) is 20.6 Å². The molecule has 0 bridgehead atoms. The van der Waals surface area contributed by atoms with Crippen LogP contribution in [0.2, 0.25) is 0 Å². The highest BCUT2D eigenvalue weighted by Gasteiger charge is 2.21. The van der Waals surface area contributed by atoms with E-state index in [-0.39, 0.29) is 23.8 Å². The molecule has 2 rings (SSSR count). The predicted molar refractivity (Wildman–Crippen MR) is 92.4 cm³/mol. The molecule has 0 aliphatic heterocycles. The first kappa shape index (κ1) is 17.7. The molecule has 3 N–H and O–H groups in total. The van der Waals surface area contributed by atoms with Gasteiger partial charge in [0.25, 0.3) is 0 Å². The van der Waals surface area contributed by atoms with Gasteiger partial charge in [0.2, 0.25) is 11.8 Å². The second kappa shape index (κ2) is 8.29. The maximum Gasteiger partial charge on any atom is 0.239 e. The van der Waals surface area contributed by atoms with Gasteiger partial charge >= 0.3 is 0 Å². The summed E-state index contributed by atoms with van der Waals surface area (Å²) in [5.74, 6) is -0.337. The number of imidazole rings is 1. The zero-order valence-electron chi connectivity index (χ0n) is 14.1. The molecule has 24 heavy (non-hydrogen) atoms. The summed E-state index contributed by atoms with van der Waals surface area (Å²) in [6, 6.07) is 10.0. The topological polar surface area (TPSA) is 86.9 Å². The Bertz CT molecular complexity index is 651. The maximum absolute atomic E-state index is 11.9. The second-order valence-electron chi connectivity index (χ2n) is 6.38. The van der Waals surface area contributed by atoms with Crippen molar-refractivity contribution in [3.63, 3.8) is 0 Å². The van der Waals surface area contributed by atoms with Gasteiger partial charge in [-0.25, -0.2) is 4.98 Å². The number of carbonyl (C=O) groups is 2. The SMILES string of the molecule is CC(C)(CNC(=O)CNC(=O)CCc1cnc[nH]1)c1ccccc1. The molecule has 1 aromatic heterocycles. The Morgan fingerprint density at radius 2 is 1.88 bits per heavy atom. The standard InChI is InChI=1S/C18H24N4O2/c1-18(2,14-6-4-3-5-7-14)12-21-17(24)11-20-16(23)9-8-15-10-19-13-22-15/h3-7,10,13H,8-9,11-12H2,1-2H3,(H,19,22)(H,20,23)(H,21,24). The average molecular weight is 328 g/mol. The van der Waals surface area contributed by atoms with Gasteiger partial charge in [-0.2, -0.15) is 0 Å². The minimum Gasteiger partial charge on any atom is -0.354 e. The molecule has 1 heterocycles. The second-order valence-corrected chi connectivity index (χ2v) is 6.38. The fourth-order valence-corrected chi connectivity index (χ4v) is 2.31. The average Bonchev–Trinajstić information content (AvgIpc) is 3.10.